The van der Waals surface area contributed by atoms with Gasteiger partial charge in [-0.1, -0.05) is 0 Å². The SMILES string of the molecule is N=CC(C=N)c1cc(C(F)(F)F)c2[nH]c(C(=O)NCc3cncs3)cc(=O)c2c1. The van der Waals surface area contributed by atoms with Gasteiger partial charge in [-0.05, 0) is 17.7 Å². The number of hydrogen-bond acceptors (Lipinski definition) is 6. The fraction of sp³-hybridized carbons (Fsp3) is 0.167. The van der Waals surface area contributed by atoms with Crippen molar-refractivity contribution in [3.05, 3.63) is 61.8 Å². The van der Waals surface area contributed by atoms with Gasteiger partial charge in [0.25, 0.3) is 5.91 Å². The molecule has 0 aliphatic heterocycles. The van der Waals surface area contributed by atoms with Crippen molar-refractivity contribution in [2.75, 3.05) is 0 Å². The summed E-state index contributed by atoms with van der Waals surface area (Å²) in [4.78, 5) is 31.8. The van der Waals surface area contributed by atoms with Gasteiger partial charge in [0.15, 0.2) is 5.43 Å². The van der Waals surface area contributed by atoms with Crippen molar-refractivity contribution in [1.29, 1.82) is 10.8 Å². The molecule has 0 spiro atoms. The molecule has 0 bridgehead atoms. The summed E-state index contributed by atoms with van der Waals surface area (Å²) in [6, 6.07) is 2.90. The minimum absolute atomic E-state index is 0.0114. The Kier molecular flexibility index (Phi) is 5.59. The second kappa shape index (κ2) is 7.95. The molecule has 11 heteroatoms. The topological polar surface area (TPSA) is 123 Å². The number of alkyl halides is 3. The molecule has 0 radical (unpaired) electrons. The zero-order valence-corrected chi connectivity index (χ0v) is 15.4. The Balaban J connectivity index is 2.11. The average molecular weight is 421 g/mol. The van der Waals surface area contributed by atoms with E-state index in [2.05, 4.69) is 15.3 Å². The molecule has 3 aromatic rings. The quantitative estimate of drug-likeness (QED) is 0.457. The number of nitrogens with zero attached hydrogens (tertiary/aromatic N) is 1. The lowest BCUT2D eigenvalue weighted by atomic mass is 9.95. The van der Waals surface area contributed by atoms with Crippen LogP contribution in [0.15, 0.2) is 34.7 Å². The smallest absolute Gasteiger partial charge is 0.350 e. The molecule has 1 amide bonds. The van der Waals surface area contributed by atoms with Gasteiger partial charge in [0.2, 0.25) is 0 Å². The van der Waals surface area contributed by atoms with Crippen molar-refractivity contribution in [2.45, 2.75) is 18.6 Å². The number of amides is 1. The summed E-state index contributed by atoms with van der Waals surface area (Å²) in [5, 5.41) is 16.8. The van der Waals surface area contributed by atoms with Crippen LogP contribution < -0.4 is 10.7 Å². The third kappa shape index (κ3) is 4.24. The van der Waals surface area contributed by atoms with Crippen molar-refractivity contribution in [2.24, 2.45) is 0 Å². The van der Waals surface area contributed by atoms with E-state index in [4.69, 9.17) is 10.8 Å². The third-order valence-corrected chi connectivity index (χ3v) is 4.94. The van der Waals surface area contributed by atoms with Crippen molar-refractivity contribution in [1.82, 2.24) is 15.3 Å². The number of aromatic amines is 1. The van der Waals surface area contributed by atoms with Crippen LogP contribution in [0.5, 0.6) is 0 Å². The van der Waals surface area contributed by atoms with Crippen molar-refractivity contribution in [3.8, 4) is 0 Å². The lowest BCUT2D eigenvalue weighted by Crippen LogP contribution is -2.25. The number of nitrogens with one attached hydrogen (secondary N) is 4. The Labute approximate surface area is 165 Å². The van der Waals surface area contributed by atoms with Gasteiger partial charge in [0.05, 0.1) is 29.1 Å². The maximum Gasteiger partial charge on any atom is 0.418 e. The fourth-order valence-electron chi connectivity index (χ4n) is 2.74. The average Bonchev–Trinajstić information content (AvgIpc) is 3.19. The van der Waals surface area contributed by atoms with Crippen LogP contribution in [0.2, 0.25) is 0 Å². The van der Waals surface area contributed by atoms with E-state index in [1.807, 2.05) is 0 Å². The molecule has 0 saturated carbocycles. The highest BCUT2D eigenvalue weighted by molar-refractivity contribution is 7.09. The predicted octanol–water partition coefficient (Wildman–Crippen LogP) is 3.32. The summed E-state index contributed by atoms with van der Waals surface area (Å²) in [6.45, 7) is 0.120. The molecule has 0 saturated heterocycles. The highest BCUT2D eigenvalue weighted by Gasteiger charge is 2.34. The Hall–Kier alpha value is -3.34. The molecule has 29 heavy (non-hydrogen) atoms. The molecule has 0 aliphatic carbocycles. The number of pyridine rings is 1. The molecule has 0 fully saturated rings. The summed E-state index contributed by atoms with van der Waals surface area (Å²) < 4.78 is 40.9. The molecular formula is C18H14F3N5O2S. The molecule has 2 aromatic heterocycles. The first-order valence-electron chi connectivity index (χ1n) is 8.19. The Morgan fingerprint density at radius 1 is 1.28 bits per heavy atom. The number of H-pyrrole nitrogens is 1. The Morgan fingerprint density at radius 3 is 2.59 bits per heavy atom. The van der Waals surface area contributed by atoms with Crippen LogP contribution >= 0.6 is 11.3 Å². The lowest BCUT2D eigenvalue weighted by Gasteiger charge is -2.15. The number of halogens is 3. The maximum absolute atomic E-state index is 13.6. The molecule has 7 nitrogen and oxygen atoms in total. The largest absolute Gasteiger partial charge is 0.418 e. The van der Waals surface area contributed by atoms with Crippen molar-refractivity contribution in [3.63, 3.8) is 0 Å². The molecule has 0 aliphatic rings. The van der Waals surface area contributed by atoms with Gasteiger partial charge in [0, 0.05) is 35.0 Å². The van der Waals surface area contributed by atoms with E-state index in [9.17, 15) is 22.8 Å². The van der Waals surface area contributed by atoms with E-state index < -0.39 is 34.5 Å². The number of benzene rings is 1. The zero-order chi connectivity index (χ0) is 21.2. The second-order valence-electron chi connectivity index (χ2n) is 6.05. The van der Waals surface area contributed by atoms with Gasteiger partial charge >= 0.3 is 6.18 Å². The first-order chi connectivity index (χ1) is 13.7. The highest BCUT2D eigenvalue weighted by atomic mass is 32.1. The fourth-order valence-corrected chi connectivity index (χ4v) is 3.28. The van der Waals surface area contributed by atoms with Crippen molar-refractivity contribution >= 4 is 40.6 Å². The van der Waals surface area contributed by atoms with Crippen LogP contribution in [0, 0.1) is 10.8 Å². The van der Waals surface area contributed by atoms with Gasteiger partial charge in [-0.2, -0.15) is 13.2 Å². The predicted molar refractivity (Wildman–Crippen MR) is 103 cm³/mol. The Bertz CT molecular complexity index is 1130. The van der Waals surface area contributed by atoms with E-state index in [-0.39, 0.29) is 23.2 Å². The lowest BCUT2D eigenvalue weighted by molar-refractivity contribution is -0.136. The van der Waals surface area contributed by atoms with Gasteiger partial charge < -0.3 is 21.1 Å². The minimum atomic E-state index is -4.82. The normalized spacial score (nSPS) is 12.5. The van der Waals surface area contributed by atoms with E-state index in [1.54, 1.807) is 11.7 Å². The van der Waals surface area contributed by atoms with Crippen LogP contribution in [-0.2, 0) is 12.7 Å². The molecule has 150 valence electrons. The number of carbonyl (C=O) groups is 1. The first-order valence-corrected chi connectivity index (χ1v) is 9.07. The van der Waals surface area contributed by atoms with Gasteiger partial charge in [-0.25, -0.2) is 0 Å². The molecule has 0 atom stereocenters. The number of aromatic nitrogens is 2. The van der Waals surface area contributed by atoms with Gasteiger partial charge in [-0.3, -0.25) is 14.6 Å². The number of thiazole rings is 1. The number of carbonyl (C=O) groups excluding carboxylic acids is 1. The summed E-state index contributed by atoms with van der Waals surface area (Å²) in [5.74, 6) is -1.73. The second-order valence-corrected chi connectivity index (χ2v) is 7.02. The molecule has 2 heterocycles. The standard InChI is InChI=1S/C18H14F3N5O2S/c19-18(20,21)13-2-9(10(4-22)5-23)1-12-15(27)3-14(26-16(12)13)17(28)25-7-11-6-24-8-29-11/h1-6,8,10,22-23H,7H2,(H,25,28)(H,26,27). The molecule has 1 aromatic carbocycles. The number of rotatable bonds is 6. The van der Waals surface area contributed by atoms with Crippen LogP contribution in [0.3, 0.4) is 0 Å². The molecule has 4 N–H and O–H groups in total. The zero-order valence-electron chi connectivity index (χ0n) is 14.6. The minimum Gasteiger partial charge on any atom is -0.350 e. The van der Waals surface area contributed by atoms with Crippen LogP contribution in [0.4, 0.5) is 13.2 Å². The summed E-state index contributed by atoms with van der Waals surface area (Å²) >= 11 is 1.30. The summed E-state index contributed by atoms with van der Waals surface area (Å²) in [6.07, 6.45) is -1.66. The number of fused-ring (bicyclic) bond motifs is 1. The first kappa shape index (κ1) is 20.4. The molecule has 0 unspecified atom stereocenters. The van der Waals surface area contributed by atoms with Crippen LogP contribution in [0.1, 0.15) is 32.4 Å². The third-order valence-electron chi connectivity index (χ3n) is 4.16. The van der Waals surface area contributed by atoms with Crippen molar-refractivity contribution < 1.29 is 18.0 Å². The van der Waals surface area contributed by atoms with Crippen LogP contribution in [0.25, 0.3) is 10.9 Å². The molecule has 3 rings (SSSR count). The number of hydrogen-bond donors (Lipinski definition) is 4. The van der Waals surface area contributed by atoms with Crippen LogP contribution in [-0.4, -0.2) is 28.3 Å². The Morgan fingerprint density at radius 2 is 2.00 bits per heavy atom. The van der Waals surface area contributed by atoms with E-state index in [1.165, 1.54) is 17.4 Å². The monoisotopic (exact) mass is 421 g/mol. The maximum atomic E-state index is 13.6. The highest BCUT2D eigenvalue weighted by Crippen LogP contribution is 2.35. The van der Waals surface area contributed by atoms with Gasteiger partial charge in [0.1, 0.15) is 5.69 Å². The van der Waals surface area contributed by atoms with E-state index in [0.29, 0.717) is 0 Å². The van der Waals surface area contributed by atoms with E-state index in [0.717, 1.165) is 29.4 Å². The summed E-state index contributed by atoms with van der Waals surface area (Å²) in [7, 11) is 0. The molecular weight excluding hydrogens is 407 g/mol. The van der Waals surface area contributed by atoms with E-state index >= 15 is 0 Å². The van der Waals surface area contributed by atoms with Gasteiger partial charge in [-0.15, -0.1) is 11.3 Å². The summed E-state index contributed by atoms with van der Waals surface area (Å²) in [5.41, 5.74) is -1.19.